The maximum absolute atomic E-state index is 13.1. The fourth-order valence-corrected chi connectivity index (χ4v) is 4.63. The van der Waals surface area contributed by atoms with E-state index in [9.17, 15) is 14.9 Å². The summed E-state index contributed by atoms with van der Waals surface area (Å²) in [6.07, 6.45) is 6.60. The molecule has 0 radical (unpaired) electrons. The van der Waals surface area contributed by atoms with Crippen LogP contribution in [0.5, 0.6) is 0 Å². The minimum atomic E-state index is -1.56. The molecule has 3 rings (SSSR count). The van der Waals surface area contributed by atoms with Gasteiger partial charge >= 0.3 is 0 Å². The van der Waals surface area contributed by atoms with E-state index in [2.05, 4.69) is 30.2 Å². The lowest BCUT2D eigenvalue weighted by Gasteiger charge is -2.26. The summed E-state index contributed by atoms with van der Waals surface area (Å²) in [7, 11) is -1.56. The first-order valence-electron chi connectivity index (χ1n) is 8.79. The molecule has 1 aliphatic carbocycles. The van der Waals surface area contributed by atoms with Crippen molar-refractivity contribution in [1.29, 1.82) is 0 Å². The van der Waals surface area contributed by atoms with Gasteiger partial charge in [0, 0.05) is 29.9 Å². The molecule has 0 unspecified atom stereocenters. The predicted molar refractivity (Wildman–Crippen MR) is 102 cm³/mol. The molecule has 1 fully saturated rings. The van der Waals surface area contributed by atoms with Crippen molar-refractivity contribution < 1.29 is 9.72 Å². The highest BCUT2D eigenvalue weighted by Gasteiger charge is 2.35. The molecule has 0 bridgehead atoms. The molecule has 0 atom stereocenters. The van der Waals surface area contributed by atoms with Gasteiger partial charge in [0.25, 0.3) is 5.69 Å². The van der Waals surface area contributed by atoms with Crippen LogP contribution >= 0.6 is 0 Å². The Morgan fingerprint density at radius 2 is 1.76 bits per heavy atom. The first kappa shape index (κ1) is 17.6. The number of allylic oxidation sites excluding steroid dienone is 1. The normalized spacial score (nSPS) is 20.4. The topological polar surface area (TPSA) is 63.4 Å². The van der Waals surface area contributed by atoms with Crippen LogP contribution in [-0.4, -0.2) is 29.7 Å². The molecule has 25 heavy (non-hydrogen) atoms. The van der Waals surface area contributed by atoms with Gasteiger partial charge in [-0.15, -0.1) is 0 Å². The summed E-state index contributed by atoms with van der Waals surface area (Å²) in [6.45, 7) is 6.68. The molecule has 1 heterocycles. The van der Waals surface area contributed by atoms with Gasteiger partial charge in [-0.25, -0.2) is 0 Å². The highest BCUT2D eigenvalue weighted by Crippen LogP contribution is 2.36. The third-order valence-corrected chi connectivity index (χ3v) is 5.84. The standard InChI is InChI=1S/C19H24N2O3Si/c1-25(2,3)13-18-19(22)17(12-20(18)15-6-4-5-7-15)14-8-10-16(11-9-14)21(23)24/h8-13,15H,4-7H2,1-3H3/b18-13+. The molecule has 6 heteroatoms. The van der Waals surface area contributed by atoms with Crippen LogP contribution in [-0.2, 0) is 4.79 Å². The van der Waals surface area contributed by atoms with Crippen molar-refractivity contribution in [2.24, 2.45) is 0 Å². The molecule has 1 aliphatic heterocycles. The number of rotatable bonds is 4. The van der Waals surface area contributed by atoms with Gasteiger partial charge in [-0.05, 0) is 30.5 Å². The zero-order chi connectivity index (χ0) is 18.2. The quantitative estimate of drug-likeness (QED) is 0.344. The fraction of sp³-hybridized carbons (Fsp3) is 0.421. The lowest BCUT2D eigenvalue weighted by Crippen LogP contribution is -2.30. The van der Waals surface area contributed by atoms with E-state index in [-0.39, 0.29) is 11.5 Å². The van der Waals surface area contributed by atoms with E-state index >= 15 is 0 Å². The summed E-state index contributed by atoms with van der Waals surface area (Å²) in [5.41, 5.74) is 4.42. The fourth-order valence-electron chi connectivity index (χ4n) is 3.53. The number of non-ortho nitro benzene ring substituents is 1. The first-order valence-corrected chi connectivity index (χ1v) is 12.4. The third kappa shape index (κ3) is 3.74. The molecule has 0 amide bonds. The zero-order valence-electron chi connectivity index (χ0n) is 15.0. The number of hydrogen-bond acceptors (Lipinski definition) is 4. The lowest BCUT2D eigenvalue weighted by atomic mass is 10.0. The van der Waals surface area contributed by atoms with Crippen molar-refractivity contribution in [3.8, 4) is 0 Å². The molecule has 5 nitrogen and oxygen atoms in total. The van der Waals surface area contributed by atoms with Crippen molar-refractivity contribution in [3.05, 3.63) is 57.5 Å². The Kier molecular flexibility index (Phi) is 4.64. The number of carbonyl (C=O) groups is 1. The van der Waals surface area contributed by atoms with E-state index in [1.54, 1.807) is 12.1 Å². The number of hydrogen-bond donors (Lipinski definition) is 0. The SMILES string of the molecule is C[Si](C)(C)/C=C1\C(=O)C(c2ccc([N+](=O)[O-])cc2)=CN1C1CCCC1. The Labute approximate surface area is 149 Å². The summed E-state index contributed by atoms with van der Waals surface area (Å²) in [5, 5.41) is 10.8. The van der Waals surface area contributed by atoms with Crippen molar-refractivity contribution >= 4 is 25.1 Å². The van der Waals surface area contributed by atoms with Crippen LogP contribution in [0.2, 0.25) is 19.6 Å². The van der Waals surface area contributed by atoms with Crippen LogP contribution in [0.1, 0.15) is 31.2 Å². The minimum Gasteiger partial charge on any atom is -0.342 e. The molecule has 1 saturated carbocycles. The Balaban J connectivity index is 1.98. The monoisotopic (exact) mass is 356 g/mol. The number of ketones is 1. The van der Waals surface area contributed by atoms with E-state index in [4.69, 9.17) is 0 Å². The Morgan fingerprint density at radius 1 is 1.16 bits per heavy atom. The van der Waals surface area contributed by atoms with Gasteiger partial charge < -0.3 is 4.90 Å². The smallest absolute Gasteiger partial charge is 0.269 e. The van der Waals surface area contributed by atoms with E-state index < -0.39 is 13.0 Å². The first-order chi connectivity index (χ1) is 11.8. The van der Waals surface area contributed by atoms with E-state index in [1.165, 1.54) is 25.0 Å². The highest BCUT2D eigenvalue weighted by molar-refractivity contribution is 6.81. The summed E-state index contributed by atoms with van der Waals surface area (Å²) in [5.74, 6) is 0.0446. The minimum absolute atomic E-state index is 0.0420. The molecular formula is C19H24N2O3Si. The Hall–Kier alpha value is -2.21. The second kappa shape index (κ2) is 6.59. The van der Waals surface area contributed by atoms with Crippen molar-refractivity contribution in [1.82, 2.24) is 4.90 Å². The van der Waals surface area contributed by atoms with Gasteiger partial charge in [0.05, 0.1) is 18.7 Å². The maximum atomic E-state index is 13.1. The summed E-state index contributed by atoms with van der Waals surface area (Å²) < 4.78 is 0. The highest BCUT2D eigenvalue weighted by atomic mass is 28.3. The summed E-state index contributed by atoms with van der Waals surface area (Å²) >= 11 is 0. The number of benzene rings is 1. The van der Waals surface area contributed by atoms with Crippen LogP contribution in [0.25, 0.3) is 5.57 Å². The van der Waals surface area contributed by atoms with Gasteiger partial charge in [-0.2, -0.15) is 0 Å². The molecule has 0 N–H and O–H groups in total. The van der Waals surface area contributed by atoms with E-state index in [0.717, 1.165) is 24.1 Å². The molecule has 132 valence electrons. The number of nitrogens with zero attached hydrogens (tertiary/aromatic N) is 2. The second-order valence-electron chi connectivity index (χ2n) is 7.92. The van der Waals surface area contributed by atoms with Crippen LogP contribution < -0.4 is 0 Å². The molecular weight excluding hydrogens is 332 g/mol. The van der Waals surface area contributed by atoms with Crippen LogP contribution in [0.3, 0.4) is 0 Å². The van der Waals surface area contributed by atoms with Crippen LogP contribution in [0.4, 0.5) is 5.69 Å². The largest absolute Gasteiger partial charge is 0.342 e. The number of carbonyl (C=O) groups excluding carboxylic acids is 1. The summed E-state index contributed by atoms with van der Waals surface area (Å²) in [4.78, 5) is 25.7. The van der Waals surface area contributed by atoms with Crippen molar-refractivity contribution in [2.45, 2.75) is 51.4 Å². The Bertz CT molecular complexity index is 754. The average molecular weight is 356 g/mol. The lowest BCUT2D eigenvalue weighted by molar-refractivity contribution is -0.384. The second-order valence-corrected chi connectivity index (χ2v) is 12.9. The van der Waals surface area contributed by atoms with Gasteiger partial charge in [0.15, 0.2) is 0 Å². The predicted octanol–water partition coefficient (Wildman–Crippen LogP) is 4.52. The maximum Gasteiger partial charge on any atom is 0.269 e. The average Bonchev–Trinajstić information content (AvgIpc) is 3.16. The molecule has 0 spiro atoms. The van der Waals surface area contributed by atoms with Gasteiger partial charge in [-0.1, -0.05) is 38.2 Å². The molecule has 0 saturated heterocycles. The van der Waals surface area contributed by atoms with Gasteiger partial charge in [-0.3, -0.25) is 14.9 Å². The summed E-state index contributed by atoms with van der Waals surface area (Å²) in [6, 6.07) is 6.66. The van der Waals surface area contributed by atoms with Gasteiger partial charge in [0.1, 0.15) is 0 Å². The molecule has 0 aromatic heterocycles. The number of nitro benzene ring substituents is 1. The number of Topliss-reactive ketones (excluding diaryl/α,β-unsaturated/α-hetero) is 1. The number of nitro groups is 1. The molecule has 1 aromatic carbocycles. The Morgan fingerprint density at radius 3 is 2.28 bits per heavy atom. The van der Waals surface area contributed by atoms with E-state index in [1.807, 2.05) is 6.20 Å². The molecule has 1 aromatic rings. The third-order valence-electron chi connectivity index (χ3n) is 4.70. The van der Waals surface area contributed by atoms with Crippen molar-refractivity contribution in [3.63, 3.8) is 0 Å². The van der Waals surface area contributed by atoms with Gasteiger partial charge in [0.2, 0.25) is 5.78 Å². The van der Waals surface area contributed by atoms with Crippen LogP contribution in [0.15, 0.2) is 41.9 Å². The zero-order valence-corrected chi connectivity index (χ0v) is 16.0. The van der Waals surface area contributed by atoms with Crippen molar-refractivity contribution in [2.75, 3.05) is 0 Å². The van der Waals surface area contributed by atoms with E-state index in [0.29, 0.717) is 11.6 Å². The molecule has 2 aliphatic rings. The van der Waals surface area contributed by atoms with Crippen LogP contribution in [0, 0.1) is 10.1 Å².